The Bertz CT molecular complexity index is 1450. The third kappa shape index (κ3) is 5.04. The Morgan fingerprint density at radius 1 is 1.08 bits per heavy atom. The van der Waals surface area contributed by atoms with E-state index in [1.165, 1.54) is 30.3 Å². The van der Waals surface area contributed by atoms with Crippen molar-refractivity contribution in [1.82, 2.24) is 0 Å². The summed E-state index contributed by atoms with van der Waals surface area (Å²) in [5, 5.41) is 21.4. The van der Waals surface area contributed by atoms with E-state index in [1.807, 2.05) is 13.8 Å². The highest BCUT2D eigenvalue weighted by atomic mass is 35.5. The van der Waals surface area contributed by atoms with Crippen molar-refractivity contribution in [2.75, 3.05) is 11.5 Å². The van der Waals surface area contributed by atoms with Crippen LogP contribution in [0.25, 0.3) is 5.76 Å². The number of hydrogen-bond acceptors (Lipinski definition) is 6. The molecular weight excluding hydrogens is 513 g/mol. The normalized spacial score (nSPS) is 16.8. The van der Waals surface area contributed by atoms with Crippen molar-refractivity contribution in [3.8, 4) is 17.2 Å². The summed E-state index contributed by atoms with van der Waals surface area (Å²) in [6, 6.07) is 11.9. The van der Waals surface area contributed by atoms with Crippen LogP contribution in [0.2, 0.25) is 5.02 Å². The lowest BCUT2D eigenvalue weighted by Crippen LogP contribution is -2.29. The molecule has 7 nitrogen and oxygen atoms in total. The van der Waals surface area contributed by atoms with Gasteiger partial charge in [0.05, 0.1) is 29.3 Å². The van der Waals surface area contributed by atoms with Gasteiger partial charge in [-0.25, -0.2) is 4.39 Å². The zero-order valence-corrected chi connectivity index (χ0v) is 22.0. The summed E-state index contributed by atoms with van der Waals surface area (Å²) in [5.74, 6) is -2.32. The second-order valence-corrected chi connectivity index (χ2v) is 9.48. The Balaban J connectivity index is 1.93. The van der Waals surface area contributed by atoms with Crippen LogP contribution in [0.3, 0.4) is 0 Å². The first kappa shape index (κ1) is 27.0. The molecule has 1 aliphatic heterocycles. The fourth-order valence-electron chi connectivity index (χ4n) is 4.36. The van der Waals surface area contributed by atoms with E-state index in [-0.39, 0.29) is 40.5 Å². The molecule has 1 fully saturated rings. The van der Waals surface area contributed by atoms with Crippen LogP contribution < -0.4 is 14.4 Å². The topological polar surface area (TPSA) is 96.3 Å². The number of phenols is 1. The highest BCUT2D eigenvalue weighted by molar-refractivity contribution is 6.51. The maximum atomic E-state index is 13.9. The number of amides is 1. The molecular formula is C29H27ClFNO6. The first-order valence-electron chi connectivity index (χ1n) is 12.0. The average Bonchev–Trinajstić information content (AvgIpc) is 3.13. The van der Waals surface area contributed by atoms with Crippen LogP contribution in [0.1, 0.15) is 43.5 Å². The number of ketones is 1. The molecule has 1 heterocycles. The molecule has 0 aromatic heterocycles. The Labute approximate surface area is 224 Å². The summed E-state index contributed by atoms with van der Waals surface area (Å²) in [7, 11) is 0. The van der Waals surface area contributed by atoms with Gasteiger partial charge in [0.1, 0.15) is 17.3 Å². The molecule has 2 N–H and O–H groups in total. The lowest BCUT2D eigenvalue weighted by atomic mass is 9.94. The van der Waals surface area contributed by atoms with Gasteiger partial charge in [-0.1, -0.05) is 17.7 Å². The lowest BCUT2D eigenvalue weighted by molar-refractivity contribution is -0.132. The minimum atomic E-state index is -1.12. The molecule has 1 saturated heterocycles. The first-order valence-corrected chi connectivity index (χ1v) is 12.4. The van der Waals surface area contributed by atoms with Crippen molar-refractivity contribution in [2.45, 2.75) is 39.8 Å². The quantitative estimate of drug-likeness (QED) is 0.208. The average molecular weight is 540 g/mol. The van der Waals surface area contributed by atoms with Gasteiger partial charge in [-0.05, 0) is 87.4 Å². The molecule has 0 radical (unpaired) electrons. The standard InChI is InChI=1S/C29H27ClFNO6/c1-5-37-24-13-17(6-10-22(24)33)26-25(27(34)18-7-11-23(16(4)12-18)38-15(2)3)28(35)29(36)32(26)19-8-9-21(31)20(30)14-19/h6-15,26,33-34H,5H2,1-4H3/b27-25+. The number of hydrogen-bond donors (Lipinski definition) is 2. The fourth-order valence-corrected chi connectivity index (χ4v) is 4.53. The number of rotatable bonds is 7. The molecule has 0 spiro atoms. The van der Waals surface area contributed by atoms with Gasteiger partial charge in [-0.3, -0.25) is 14.5 Å². The number of anilines is 1. The van der Waals surface area contributed by atoms with Crippen LogP contribution in [0.15, 0.2) is 60.2 Å². The van der Waals surface area contributed by atoms with Crippen LogP contribution in [0.4, 0.5) is 10.1 Å². The van der Waals surface area contributed by atoms with E-state index in [0.717, 1.165) is 16.5 Å². The molecule has 1 unspecified atom stereocenters. The Kier molecular flexibility index (Phi) is 7.64. The maximum absolute atomic E-state index is 13.9. The van der Waals surface area contributed by atoms with Crippen molar-refractivity contribution in [2.24, 2.45) is 0 Å². The Hall–Kier alpha value is -4.04. The molecule has 3 aromatic carbocycles. The third-order valence-electron chi connectivity index (χ3n) is 6.04. The Morgan fingerprint density at radius 3 is 2.45 bits per heavy atom. The molecule has 38 heavy (non-hydrogen) atoms. The van der Waals surface area contributed by atoms with Crippen molar-refractivity contribution in [3.63, 3.8) is 0 Å². The van der Waals surface area contributed by atoms with Gasteiger partial charge in [0.2, 0.25) is 0 Å². The summed E-state index contributed by atoms with van der Waals surface area (Å²) in [6.07, 6.45) is -0.0602. The molecule has 1 atom stereocenters. The SMILES string of the molecule is CCOc1cc(C2/C(=C(\O)c3ccc(OC(C)C)c(C)c3)C(=O)C(=O)N2c2ccc(F)c(Cl)c2)ccc1O. The van der Waals surface area contributed by atoms with E-state index < -0.39 is 29.3 Å². The molecule has 1 amide bonds. The summed E-state index contributed by atoms with van der Waals surface area (Å²) in [5.41, 5.74) is 1.39. The van der Waals surface area contributed by atoms with E-state index in [1.54, 1.807) is 32.0 Å². The van der Waals surface area contributed by atoms with Crippen molar-refractivity contribution >= 4 is 34.7 Å². The molecule has 0 aliphatic carbocycles. The highest BCUT2D eigenvalue weighted by Gasteiger charge is 2.47. The van der Waals surface area contributed by atoms with Crippen molar-refractivity contribution in [3.05, 3.63) is 87.7 Å². The third-order valence-corrected chi connectivity index (χ3v) is 6.33. The van der Waals surface area contributed by atoms with Crippen molar-refractivity contribution < 1.29 is 33.7 Å². The van der Waals surface area contributed by atoms with E-state index >= 15 is 0 Å². The number of Topliss-reactive ketones (excluding diaryl/α,β-unsaturated/α-hetero) is 1. The van der Waals surface area contributed by atoms with Gasteiger partial charge < -0.3 is 19.7 Å². The monoisotopic (exact) mass is 539 g/mol. The van der Waals surface area contributed by atoms with E-state index in [2.05, 4.69) is 0 Å². The Morgan fingerprint density at radius 2 is 1.82 bits per heavy atom. The number of aliphatic hydroxyl groups excluding tert-OH is 1. The molecule has 3 aromatic rings. The zero-order chi connectivity index (χ0) is 27.7. The van der Waals surface area contributed by atoms with Crippen LogP contribution >= 0.6 is 11.6 Å². The first-order chi connectivity index (χ1) is 18.0. The highest BCUT2D eigenvalue weighted by Crippen LogP contribution is 2.44. The second-order valence-electron chi connectivity index (χ2n) is 9.07. The number of halogens is 2. The fraction of sp³-hybridized carbons (Fsp3) is 0.241. The van der Waals surface area contributed by atoms with E-state index in [0.29, 0.717) is 16.9 Å². The summed E-state index contributed by atoms with van der Waals surface area (Å²) < 4.78 is 25.2. The number of aliphatic hydroxyl groups is 1. The lowest BCUT2D eigenvalue weighted by Gasteiger charge is -2.26. The number of aromatic hydroxyl groups is 1. The van der Waals surface area contributed by atoms with E-state index in [9.17, 15) is 24.2 Å². The van der Waals surface area contributed by atoms with Gasteiger partial charge in [0.25, 0.3) is 11.7 Å². The molecule has 198 valence electrons. The predicted molar refractivity (Wildman–Crippen MR) is 142 cm³/mol. The minimum absolute atomic E-state index is 0.0602. The number of carbonyl (C=O) groups is 2. The number of phenolic OH excluding ortho intramolecular Hbond substituents is 1. The molecule has 0 bridgehead atoms. The number of ether oxygens (including phenoxy) is 2. The number of aryl methyl sites for hydroxylation is 1. The number of carbonyl (C=O) groups excluding carboxylic acids is 2. The number of benzene rings is 3. The van der Waals surface area contributed by atoms with Crippen molar-refractivity contribution in [1.29, 1.82) is 0 Å². The predicted octanol–water partition coefficient (Wildman–Crippen LogP) is 6.31. The number of nitrogens with zero attached hydrogens (tertiary/aromatic N) is 1. The summed E-state index contributed by atoms with van der Waals surface area (Å²) in [6.45, 7) is 7.59. The van der Waals surface area contributed by atoms with Gasteiger partial charge in [0.15, 0.2) is 11.5 Å². The van der Waals surface area contributed by atoms with Crippen LogP contribution in [0, 0.1) is 12.7 Å². The largest absolute Gasteiger partial charge is 0.507 e. The summed E-state index contributed by atoms with van der Waals surface area (Å²) >= 11 is 6.00. The zero-order valence-electron chi connectivity index (χ0n) is 21.3. The minimum Gasteiger partial charge on any atom is -0.507 e. The molecule has 1 aliphatic rings. The van der Waals surface area contributed by atoms with Crippen LogP contribution in [-0.4, -0.2) is 34.6 Å². The van der Waals surface area contributed by atoms with E-state index in [4.69, 9.17) is 21.1 Å². The van der Waals surface area contributed by atoms with Gasteiger partial charge in [-0.2, -0.15) is 0 Å². The van der Waals surface area contributed by atoms with Gasteiger partial charge >= 0.3 is 0 Å². The van der Waals surface area contributed by atoms with Crippen LogP contribution in [0.5, 0.6) is 17.2 Å². The smallest absolute Gasteiger partial charge is 0.300 e. The van der Waals surface area contributed by atoms with Gasteiger partial charge in [0, 0.05) is 11.3 Å². The summed E-state index contributed by atoms with van der Waals surface area (Å²) in [4.78, 5) is 27.9. The second kappa shape index (κ2) is 10.8. The molecule has 9 heteroatoms. The molecule has 0 saturated carbocycles. The van der Waals surface area contributed by atoms with Gasteiger partial charge in [-0.15, -0.1) is 0 Å². The maximum Gasteiger partial charge on any atom is 0.300 e. The van der Waals surface area contributed by atoms with Crippen LogP contribution in [-0.2, 0) is 9.59 Å². The molecule has 4 rings (SSSR count).